The number of nitrogens with two attached hydrogens (primary N) is 1. The summed E-state index contributed by atoms with van der Waals surface area (Å²) in [4.78, 5) is 24.0. The summed E-state index contributed by atoms with van der Waals surface area (Å²) < 4.78 is 0. The summed E-state index contributed by atoms with van der Waals surface area (Å²) in [6.45, 7) is 0. The number of nitriles is 1. The molecule has 9 heteroatoms. The van der Waals surface area contributed by atoms with Crippen LogP contribution in [0.3, 0.4) is 0 Å². The molecule has 0 radical (unpaired) electrons. The lowest BCUT2D eigenvalue weighted by atomic mass is 10.1. The van der Waals surface area contributed by atoms with Crippen LogP contribution in [0.1, 0.15) is 27.6 Å². The first-order valence-electron chi connectivity index (χ1n) is 7.71. The van der Waals surface area contributed by atoms with E-state index in [9.17, 15) is 4.79 Å². The molecule has 7 nitrogen and oxygen atoms in total. The van der Waals surface area contributed by atoms with Crippen molar-refractivity contribution in [3.63, 3.8) is 0 Å². The number of anilines is 2. The van der Waals surface area contributed by atoms with E-state index in [-0.39, 0.29) is 24.0 Å². The summed E-state index contributed by atoms with van der Waals surface area (Å²) in [7, 11) is 0. The molecule has 3 rings (SSSR count). The highest BCUT2D eigenvalue weighted by atomic mass is 35.5. The molecule has 0 spiro atoms. The van der Waals surface area contributed by atoms with Crippen LogP contribution in [0.2, 0.25) is 10.0 Å². The lowest BCUT2D eigenvalue weighted by molar-refractivity contribution is 0.0990. The third-order valence-electron chi connectivity index (χ3n) is 3.57. The van der Waals surface area contributed by atoms with Crippen molar-refractivity contribution in [2.24, 2.45) is 5.73 Å². The van der Waals surface area contributed by atoms with Crippen molar-refractivity contribution in [3.8, 4) is 6.07 Å². The molecule has 3 N–H and O–H groups in total. The van der Waals surface area contributed by atoms with Gasteiger partial charge in [0.2, 0.25) is 11.8 Å². The molecule has 134 valence electrons. The van der Waals surface area contributed by atoms with Gasteiger partial charge in [-0.2, -0.15) is 15.2 Å². The quantitative estimate of drug-likeness (QED) is 0.678. The number of hydrogen-bond acceptors (Lipinski definition) is 6. The first-order valence-corrected chi connectivity index (χ1v) is 8.46. The fraction of sp³-hybridized carbons (Fsp3) is 0.0556. The number of nitrogens with one attached hydrogen (secondary N) is 1. The zero-order valence-electron chi connectivity index (χ0n) is 13.8. The van der Waals surface area contributed by atoms with E-state index < -0.39 is 5.91 Å². The van der Waals surface area contributed by atoms with E-state index >= 15 is 0 Å². The summed E-state index contributed by atoms with van der Waals surface area (Å²) in [6.07, 6.45) is 0.198. The van der Waals surface area contributed by atoms with Crippen LogP contribution in [-0.2, 0) is 6.42 Å². The van der Waals surface area contributed by atoms with Crippen LogP contribution in [0.4, 0.5) is 11.6 Å². The number of hydrogen-bond donors (Lipinski definition) is 2. The number of aromatic nitrogens is 3. The summed E-state index contributed by atoms with van der Waals surface area (Å²) in [5.74, 6) is -0.544. The highest BCUT2D eigenvalue weighted by molar-refractivity contribution is 6.36. The maximum Gasteiger partial charge on any atom is 0.286 e. The van der Waals surface area contributed by atoms with Crippen molar-refractivity contribution in [2.45, 2.75) is 6.42 Å². The first kappa shape index (κ1) is 18.6. The van der Waals surface area contributed by atoms with E-state index in [0.29, 0.717) is 26.9 Å². The van der Waals surface area contributed by atoms with Crippen LogP contribution in [-0.4, -0.2) is 20.9 Å². The number of halogens is 2. The Hall–Kier alpha value is -3.21. The van der Waals surface area contributed by atoms with Crippen molar-refractivity contribution in [3.05, 3.63) is 75.3 Å². The van der Waals surface area contributed by atoms with Gasteiger partial charge in [-0.3, -0.25) is 4.79 Å². The van der Waals surface area contributed by atoms with Crippen molar-refractivity contribution in [1.29, 1.82) is 5.26 Å². The molecule has 0 bridgehead atoms. The molecule has 0 saturated carbocycles. The molecule has 0 atom stereocenters. The van der Waals surface area contributed by atoms with Gasteiger partial charge in [0.1, 0.15) is 5.82 Å². The second-order valence-corrected chi connectivity index (χ2v) is 6.27. The highest BCUT2D eigenvalue weighted by Crippen LogP contribution is 2.26. The van der Waals surface area contributed by atoms with Crippen LogP contribution in [0.15, 0.2) is 42.5 Å². The number of amides is 1. The number of primary amides is 1. The van der Waals surface area contributed by atoms with Crippen LogP contribution < -0.4 is 11.1 Å². The number of rotatable bonds is 5. The number of carbonyl (C=O) groups is 1. The van der Waals surface area contributed by atoms with Gasteiger partial charge in [-0.15, -0.1) is 0 Å². The summed E-state index contributed by atoms with van der Waals surface area (Å²) >= 11 is 12.4. The van der Waals surface area contributed by atoms with E-state index in [0.717, 1.165) is 0 Å². The lowest BCUT2D eigenvalue weighted by Gasteiger charge is -2.09. The van der Waals surface area contributed by atoms with Gasteiger partial charge in [0.25, 0.3) is 5.91 Å². The Labute approximate surface area is 164 Å². The van der Waals surface area contributed by atoms with E-state index in [2.05, 4.69) is 20.3 Å². The average molecular weight is 399 g/mol. The molecule has 0 saturated heterocycles. The van der Waals surface area contributed by atoms with Gasteiger partial charge in [-0.05, 0) is 42.0 Å². The molecule has 2 aromatic carbocycles. The van der Waals surface area contributed by atoms with E-state index in [1.165, 1.54) is 0 Å². The highest BCUT2D eigenvalue weighted by Gasteiger charge is 2.14. The molecule has 3 aromatic rings. The standard InChI is InChI=1S/C18H12Cl2N6O/c19-13-2-1-3-14(20)12(13)8-15-24-17(16(22)27)26-18(25-15)23-11-6-4-10(9-21)5-7-11/h1-7H,8H2,(H2,22,27)(H,23,24,25,26). The van der Waals surface area contributed by atoms with E-state index in [4.69, 9.17) is 34.2 Å². The Morgan fingerprint density at radius 1 is 1.07 bits per heavy atom. The van der Waals surface area contributed by atoms with E-state index in [1.54, 1.807) is 42.5 Å². The number of carbonyl (C=O) groups excluding carboxylic acids is 1. The van der Waals surface area contributed by atoms with Crippen LogP contribution in [0, 0.1) is 11.3 Å². The molecule has 1 heterocycles. The maximum absolute atomic E-state index is 11.6. The zero-order chi connectivity index (χ0) is 19.4. The smallest absolute Gasteiger partial charge is 0.286 e. The van der Waals surface area contributed by atoms with E-state index in [1.807, 2.05) is 6.07 Å². The molecule has 1 aromatic heterocycles. The summed E-state index contributed by atoms with van der Waals surface area (Å²) in [5.41, 5.74) is 7.11. The Balaban J connectivity index is 1.95. The minimum atomic E-state index is -0.785. The Bertz CT molecular complexity index is 1030. The molecule has 0 aliphatic carbocycles. The molecule has 0 aliphatic heterocycles. The molecule has 27 heavy (non-hydrogen) atoms. The Morgan fingerprint density at radius 3 is 2.33 bits per heavy atom. The molecular formula is C18H12Cl2N6O. The molecule has 0 fully saturated rings. The number of benzene rings is 2. The second-order valence-electron chi connectivity index (χ2n) is 5.45. The predicted molar refractivity (Wildman–Crippen MR) is 102 cm³/mol. The van der Waals surface area contributed by atoms with Gasteiger partial charge in [0.15, 0.2) is 0 Å². The topological polar surface area (TPSA) is 118 Å². The summed E-state index contributed by atoms with van der Waals surface area (Å²) in [6, 6.07) is 13.8. The molecule has 0 unspecified atom stereocenters. The van der Waals surface area contributed by atoms with Gasteiger partial charge in [0.05, 0.1) is 11.6 Å². The van der Waals surface area contributed by atoms with Crippen molar-refractivity contribution >= 4 is 40.7 Å². The first-order chi connectivity index (χ1) is 13.0. The number of nitrogens with zero attached hydrogens (tertiary/aromatic N) is 4. The van der Waals surface area contributed by atoms with Gasteiger partial charge in [-0.25, -0.2) is 4.98 Å². The maximum atomic E-state index is 11.6. The summed E-state index contributed by atoms with van der Waals surface area (Å²) in [5, 5.41) is 12.7. The average Bonchev–Trinajstić information content (AvgIpc) is 2.65. The Kier molecular flexibility index (Phi) is 5.50. The third-order valence-corrected chi connectivity index (χ3v) is 4.28. The van der Waals surface area contributed by atoms with Crippen molar-refractivity contribution in [2.75, 3.05) is 5.32 Å². The van der Waals surface area contributed by atoms with Crippen molar-refractivity contribution in [1.82, 2.24) is 15.0 Å². The molecular weight excluding hydrogens is 387 g/mol. The van der Waals surface area contributed by atoms with Gasteiger partial charge in [0, 0.05) is 22.2 Å². The predicted octanol–water partition coefficient (Wildman–Crippen LogP) is 3.48. The van der Waals surface area contributed by atoms with Gasteiger partial charge in [-0.1, -0.05) is 29.3 Å². The third kappa shape index (κ3) is 4.50. The van der Waals surface area contributed by atoms with Gasteiger partial charge < -0.3 is 11.1 Å². The monoisotopic (exact) mass is 398 g/mol. The second kappa shape index (κ2) is 7.99. The minimum Gasteiger partial charge on any atom is -0.363 e. The largest absolute Gasteiger partial charge is 0.363 e. The van der Waals surface area contributed by atoms with Crippen molar-refractivity contribution < 1.29 is 4.79 Å². The SMILES string of the molecule is N#Cc1ccc(Nc2nc(Cc3c(Cl)cccc3Cl)nc(C(N)=O)n2)cc1. The molecule has 1 amide bonds. The van der Waals surface area contributed by atoms with Crippen LogP contribution in [0.5, 0.6) is 0 Å². The minimum absolute atomic E-state index is 0.140. The fourth-order valence-electron chi connectivity index (χ4n) is 2.28. The fourth-order valence-corrected chi connectivity index (χ4v) is 2.81. The lowest BCUT2D eigenvalue weighted by Crippen LogP contribution is -2.18. The Morgan fingerprint density at radius 2 is 1.74 bits per heavy atom. The van der Waals surface area contributed by atoms with Crippen LogP contribution in [0.25, 0.3) is 0 Å². The molecule has 0 aliphatic rings. The normalized spacial score (nSPS) is 10.3. The van der Waals surface area contributed by atoms with Crippen LogP contribution >= 0.6 is 23.2 Å². The zero-order valence-corrected chi connectivity index (χ0v) is 15.3. The van der Waals surface area contributed by atoms with Gasteiger partial charge >= 0.3 is 0 Å².